The molecule has 18 heavy (non-hydrogen) atoms. The van der Waals surface area contributed by atoms with Gasteiger partial charge in [-0.15, -0.1) is 0 Å². The fraction of sp³-hybridized carbons (Fsp3) is 0. The quantitative estimate of drug-likeness (QED) is 0.693. The van der Waals surface area contributed by atoms with Gasteiger partial charge in [0, 0.05) is 12.3 Å². The van der Waals surface area contributed by atoms with Gasteiger partial charge in [0.2, 0.25) is 0 Å². The fourth-order valence-corrected chi connectivity index (χ4v) is 2.08. The van der Waals surface area contributed by atoms with E-state index in [2.05, 4.69) is 10.3 Å². The van der Waals surface area contributed by atoms with Crippen molar-refractivity contribution in [3.8, 4) is 0 Å². The first-order valence-corrected chi connectivity index (χ1v) is 5.93. The molecule has 2 rings (SSSR count). The molecule has 0 aliphatic heterocycles. The van der Waals surface area contributed by atoms with Crippen molar-refractivity contribution in [2.45, 2.75) is 0 Å². The van der Waals surface area contributed by atoms with Crippen molar-refractivity contribution in [1.82, 2.24) is 4.98 Å². The third-order valence-corrected chi connectivity index (χ3v) is 3.33. The van der Waals surface area contributed by atoms with Crippen molar-refractivity contribution in [2.24, 2.45) is 0 Å². The van der Waals surface area contributed by atoms with Crippen LogP contribution in [-0.4, -0.2) is 15.8 Å². The first kappa shape index (κ1) is 12.5. The summed E-state index contributed by atoms with van der Waals surface area (Å²) in [5.41, 5.74) is 0. The van der Waals surface area contributed by atoms with E-state index < -0.39 is 10.8 Å². The molecule has 8 heteroatoms. The lowest BCUT2D eigenvalue weighted by Crippen LogP contribution is -2.11. The van der Waals surface area contributed by atoms with E-state index in [9.17, 15) is 14.9 Å². The van der Waals surface area contributed by atoms with Crippen molar-refractivity contribution < 1.29 is 9.72 Å². The molecule has 0 bridgehead atoms. The third-order valence-electron chi connectivity index (χ3n) is 1.99. The Balaban J connectivity index is 2.17. The van der Waals surface area contributed by atoms with E-state index in [-0.39, 0.29) is 15.7 Å². The van der Waals surface area contributed by atoms with Crippen LogP contribution in [0, 0.1) is 10.1 Å². The molecule has 0 spiro atoms. The maximum atomic E-state index is 11.8. The molecular weight excluding hydrogens is 278 g/mol. The molecule has 0 radical (unpaired) electrons. The van der Waals surface area contributed by atoms with E-state index >= 15 is 0 Å². The van der Waals surface area contributed by atoms with Gasteiger partial charge in [0.05, 0.1) is 14.8 Å². The number of nitrogens with one attached hydrogen (secondary N) is 1. The smallest absolute Gasteiger partial charge is 0.305 e. The van der Waals surface area contributed by atoms with Crippen LogP contribution in [-0.2, 0) is 0 Å². The van der Waals surface area contributed by atoms with Crippen molar-refractivity contribution in [1.29, 1.82) is 0 Å². The van der Waals surface area contributed by atoms with Crippen LogP contribution in [0.2, 0.25) is 5.02 Å². The van der Waals surface area contributed by atoms with E-state index in [0.717, 1.165) is 11.3 Å². The maximum absolute atomic E-state index is 11.8. The van der Waals surface area contributed by atoms with Crippen LogP contribution in [0.5, 0.6) is 0 Å². The zero-order valence-electron chi connectivity index (χ0n) is 8.79. The fourth-order valence-electron chi connectivity index (χ4n) is 1.19. The van der Waals surface area contributed by atoms with E-state index in [1.165, 1.54) is 18.3 Å². The monoisotopic (exact) mass is 283 g/mol. The van der Waals surface area contributed by atoms with Crippen LogP contribution in [0.3, 0.4) is 0 Å². The summed E-state index contributed by atoms with van der Waals surface area (Å²) in [6.45, 7) is 0. The summed E-state index contributed by atoms with van der Waals surface area (Å²) in [6, 6.07) is 5.88. The van der Waals surface area contributed by atoms with Crippen LogP contribution in [0.15, 0.2) is 30.5 Å². The number of carbonyl (C=O) groups excluding carboxylic acids is 1. The van der Waals surface area contributed by atoms with Gasteiger partial charge in [0.15, 0.2) is 5.82 Å². The van der Waals surface area contributed by atoms with Gasteiger partial charge in [-0.2, -0.15) is 0 Å². The maximum Gasteiger partial charge on any atom is 0.324 e. The summed E-state index contributed by atoms with van der Waals surface area (Å²) in [7, 11) is 0. The first-order chi connectivity index (χ1) is 8.58. The Bertz CT molecular complexity index is 614. The van der Waals surface area contributed by atoms with Crippen LogP contribution in [0.1, 0.15) is 9.67 Å². The Morgan fingerprint density at radius 2 is 2.22 bits per heavy atom. The van der Waals surface area contributed by atoms with Crippen LogP contribution in [0.25, 0.3) is 0 Å². The molecule has 0 fully saturated rings. The van der Waals surface area contributed by atoms with Crippen LogP contribution in [0.4, 0.5) is 10.8 Å². The van der Waals surface area contributed by atoms with Crippen molar-refractivity contribution in [3.63, 3.8) is 0 Å². The second kappa shape index (κ2) is 5.11. The van der Waals surface area contributed by atoms with Crippen molar-refractivity contribution in [2.75, 3.05) is 5.32 Å². The minimum absolute atomic E-state index is 0.0905. The van der Waals surface area contributed by atoms with Gasteiger partial charge < -0.3 is 5.32 Å². The summed E-state index contributed by atoms with van der Waals surface area (Å²) in [4.78, 5) is 25.9. The standard InChI is InChI=1S/C10H6ClN3O3S/c11-6-2-1-5-12-9(6)13-10(15)7-3-4-8(18-7)14(16)17/h1-5H,(H,12,13,15). The van der Waals surface area contributed by atoms with E-state index in [1.807, 2.05) is 0 Å². The average Bonchev–Trinajstić information content (AvgIpc) is 2.81. The highest BCUT2D eigenvalue weighted by Crippen LogP contribution is 2.25. The Morgan fingerprint density at radius 3 is 2.83 bits per heavy atom. The molecule has 2 aromatic heterocycles. The minimum atomic E-state index is -0.546. The molecule has 1 N–H and O–H groups in total. The number of rotatable bonds is 3. The number of halogens is 1. The number of thiophene rings is 1. The summed E-state index contributed by atoms with van der Waals surface area (Å²) in [5, 5.41) is 13.2. The van der Waals surface area contributed by atoms with Gasteiger partial charge in [-0.3, -0.25) is 14.9 Å². The van der Waals surface area contributed by atoms with E-state index in [0.29, 0.717) is 5.02 Å². The average molecular weight is 284 g/mol. The SMILES string of the molecule is O=C(Nc1ncccc1Cl)c1ccc([N+](=O)[O-])s1. The van der Waals surface area contributed by atoms with Crippen molar-refractivity contribution >= 4 is 39.7 Å². The number of nitro groups is 1. The predicted octanol–water partition coefficient (Wildman–Crippen LogP) is 2.96. The first-order valence-electron chi connectivity index (χ1n) is 4.74. The highest BCUT2D eigenvalue weighted by Gasteiger charge is 2.16. The van der Waals surface area contributed by atoms with Crippen LogP contribution >= 0.6 is 22.9 Å². The summed E-state index contributed by atoms with van der Waals surface area (Å²) < 4.78 is 0. The highest BCUT2D eigenvalue weighted by atomic mass is 35.5. The van der Waals surface area contributed by atoms with Gasteiger partial charge in [0.25, 0.3) is 5.91 Å². The van der Waals surface area contributed by atoms with Gasteiger partial charge in [-0.1, -0.05) is 22.9 Å². The lowest BCUT2D eigenvalue weighted by atomic mass is 10.4. The van der Waals surface area contributed by atoms with Gasteiger partial charge in [0.1, 0.15) is 0 Å². The highest BCUT2D eigenvalue weighted by molar-refractivity contribution is 7.17. The molecule has 2 heterocycles. The predicted molar refractivity (Wildman–Crippen MR) is 68.2 cm³/mol. The normalized spacial score (nSPS) is 10.1. The number of hydrogen-bond donors (Lipinski definition) is 1. The Hall–Kier alpha value is -1.99. The number of amides is 1. The summed E-state index contributed by atoms with van der Waals surface area (Å²) >= 11 is 6.62. The topological polar surface area (TPSA) is 85.1 Å². The molecule has 0 saturated heterocycles. The van der Waals surface area contributed by atoms with Crippen molar-refractivity contribution in [3.05, 3.63) is 50.5 Å². The molecule has 0 saturated carbocycles. The van der Waals surface area contributed by atoms with Crippen LogP contribution < -0.4 is 5.32 Å². The molecule has 2 aromatic rings. The zero-order chi connectivity index (χ0) is 13.1. The summed E-state index contributed by atoms with van der Waals surface area (Å²) in [6.07, 6.45) is 1.48. The Labute approximate surface area is 110 Å². The molecule has 0 aromatic carbocycles. The molecule has 0 atom stereocenters. The number of pyridine rings is 1. The molecule has 0 aliphatic carbocycles. The van der Waals surface area contributed by atoms with E-state index in [4.69, 9.17) is 11.6 Å². The zero-order valence-corrected chi connectivity index (χ0v) is 10.4. The molecular formula is C10H6ClN3O3S. The third kappa shape index (κ3) is 2.63. The lowest BCUT2D eigenvalue weighted by Gasteiger charge is -2.03. The number of aromatic nitrogens is 1. The number of hydrogen-bond acceptors (Lipinski definition) is 5. The lowest BCUT2D eigenvalue weighted by molar-refractivity contribution is -0.380. The number of anilines is 1. The summed E-state index contributed by atoms with van der Waals surface area (Å²) in [5.74, 6) is -0.256. The van der Waals surface area contributed by atoms with Gasteiger partial charge in [-0.25, -0.2) is 4.98 Å². The molecule has 6 nitrogen and oxygen atoms in total. The molecule has 0 aliphatic rings. The van der Waals surface area contributed by atoms with E-state index in [1.54, 1.807) is 12.1 Å². The molecule has 0 unspecified atom stereocenters. The number of nitrogens with zero attached hydrogens (tertiary/aromatic N) is 2. The largest absolute Gasteiger partial charge is 0.324 e. The Kier molecular flexibility index (Phi) is 3.54. The second-order valence-electron chi connectivity index (χ2n) is 3.18. The van der Waals surface area contributed by atoms with Gasteiger partial charge in [-0.05, 0) is 18.2 Å². The second-order valence-corrected chi connectivity index (χ2v) is 4.65. The number of carbonyl (C=O) groups is 1. The Morgan fingerprint density at radius 1 is 1.44 bits per heavy atom. The van der Waals surface area contributed by atoms with Gasteiger partial charge >= 0.3 is 5.00 Å². The minimum Gasteiger partial charge on any atom is -0.305 e. The molecule has 92 valence electrons. The molecule has 1 amide bonds.